The minimum atomic E-state index is -0.837. The van der Waals surface area contributed by atoms with E-state index in [1.54, 1.807) is 12.1 Å². The van der Waals surface area contributed by atoms with Gasteiger partial charge < -0.3 is 47.4 Å². The molecule has 70 heavy (non-hydrogen) atoms. The number of anilines is 1. The van der Waals surface area contributed by atoms with Crippen LogP contribution in [0.5, 0.6) is 28.7 Å². The lowest BCUT2D eigenvalue weighted by atomic mass is 10.1. The van der Waals surface area contributed by atoms with Crippen LogP contribution in [0.15, 0.2) is 147 Å². The first-order chi connectivity index (χ1) is 34.0. The van der Waals surface area contributed by atoms with E-state index in [4.69, 9.17) is 52.4 Å². The number of rotatable bonds is 25. The zero-order valence-corrected chi connectivity index (χ0v) is 37.8. The van der Waals surface area contributed by atoms with Gasteiger partial charge in [0.2, 0.25) is 32.3 Å². The van der Waals surface area contributed by atoms with E-state index in [0.717, 1.165) is 45.3 Å². The molecule has 6 aromatic rings. The number of esters is 6. The van der Waals surface area contributed by atoms with Gasteiger partial charge in [0, 0.05) is 41.7 Å². The number of hydrogen-bond acceptors (Lipinski definition) is 20. The van der Waals surface area contributed by atoms with E-state index in [1.165, 1.54) is 60.0 Å². The van der Waals surface area contributed by atoms with E-state index < -0.39 is 63.0 Å². The molecule has 19 nitrogen and oxygen atoms in total. The van der Waals surface area contributed by atoms with Crippen molar-refractivity contribution in [1.82, 2.24) is 4.98 Å². The van der Waals surface area contributed by atoms with Crippen LogP contribution in [0, 0.1) is 0 Å². The quantitative estimate of drug-likeness (QED) is 0.0110. The van der Waals surface area contributed by atoms with Gasteiger partial charge in [0.05, 0.1) is 34.2 Å². The molecular weight excluding hydrogens is 931 g/mol. The predicted molar refractivity (Wildman–Crippen MR) is 254 cm³/mol. The van der Waals surface area contributed by atoms with Crippen LogP contribution in [-0.2, 0) is 49.3 Å². The Labute approximate surface area is 402 Å². The topological polar surface area (TPSA) is 232 Å². The summed E-state index contributed by atoms with van der Waals surface area (Å²) in [6, 6.07) is 24.8. The van der Waals surface area contributed by atoms with Crippen molar-refractivity contribution in [3.05, 3.63) is 164 Å². The SMILES string of the molecule is C=CC(=O)OCOc1ccc(C(=O)OCCc2ccc(OC(=O)c3ccc(OCOC(=O)C=C)c(OCOC(=O)C=C)c3)c(/C=N/Nc3nc4c(ccc5ccccc54)s3)c2)cc1OCOC(=O)C=C. The first kappa shape index (κ1) is 50.1. The molecule has 1 N–H and O–H groups in total. The molecule has 5 aromatic carbocycles. The van der Waals surface area contributed by atoms with E-state index in [0.29, 0.717) is 16.3 Å². The number of hydrazone groups is 1. The summed E-state index contributed by atoms with van der Waals surface area (Å²) in [7, 11) is 0. The van der Waals surface area contributed by atoms with Crippen LogP contribution in [0.4, 0.5) is 5.13 Å². The summed E-state index contributed by atoms with van der Waals surface area (Å²) in [4.78, 5) is 77.9. The molecule has 0 aliphatic heterocycles. The molecule has 0 unspecified atom stereocenters. The average Bonchev–Trinajstić information content (AvgIpc) is 3.81. The largest absolute Gasteiger partial charge is 0.462 e. The fraction of sp³-hybridized carbons (Fsp3) is 0.120. The Morgan fingerprint density at radius 3 is 1.67 bits per heavy atom. The number of carbonyl (C=O) groups excluding carboxylic acids is 6. The van der Waals surface area contributed by atoms with Gasteiger partial charge in [-0.1, -0.05) is 74.1 Å². The number of ether oxygens (including phenoxy) is 10. The summed E-state index contributed by atoms with van der Waals surface area (Å²) < 4.78 is 53.9. The number of hydrogen-bond donors (Lipinski definition) is 1. The maximum Gasteiger partial charge on any atom is 0.343 e. The Balaban J connectivity index is 1.20. The minimum absolute atomic E-state index is 0.0127. The van der Waals surface area contributed by atoms with Crippen LogP contribution in [0.25, 0.3) is 21.0 Å². The van der Waals surface area contributed by atoms with Crippen molar-refractivity contribution < 1.29 is 76.1 Å². The van der Waals surface area contributed by atoms with Gasteiger partial charge in [-0.05, 0) is 65.5 Å². The van der Waals surface area contributed by atoms with Gasteiger partial charge in [-0.15, -0.1) is 0 Å². The van der Waals surface area contributed by atoms with Crippen molar-refractivity contribution >= 4 is 79.5 Å². The zero-order valence-electron chi connectivity index (χ0n) is 37.0. The van der Waals surface area contributed by atoms with E-state index in [2.05, 4.69) is 36.8 Å². The van der Waals surface area contributed by atoms with E-state index in [9.17, 15) is 28.8 Å². The summed E-state index contributed by atoms with van der Waals surface area (Å²) in [6.45, 7) is 11.0. The molecule has 358 valence electrons. The predicted octanol–water partition coefficient (Wildman–Crippen LogP) is 7.78. The van der Waals surface area contributed by atoms with Crippen molar-refractivity contribution in [2.24, 2.45) is 5.10 Å². The maximum absolute atomic E-state index is 13.7. The molecule has 1 aromatic heterocycles. The lowest BCUT2D eigenvalue weighted by Gasteiger charge is -2.14. The van der Waals surface area contributed by atoms with E-state index in [-0.39, 0.29) is 52.9 Å². The maximum atomic E-state index is 13.7. The Bertz CT molecular complexity index is 3000. The summed E-state index contributed by atoms with van der Waals surface area (Å²) in [5.41, 5.74) is 4.78. The number of thiazole rings is 1. The summed E-state index contributed by atoms with van der Waals surface area (Å²) in [5, 5.41) is 6.93. The monoisotopic (exact) mass is 971 g/mol. The van der Waals surface area contributed by atoms with E-state index >= 15 is 0 Å². The molecule has 0 atom stereocenters. The molecule has 0 saturated carbocycles. The number of aromatic nitrogens is 1. The molecule has 0 aliphatic rings. The highest BCUT2D eigenvalue weighted by atomic mass is 32.1. The van der Waals surface area contributed by atoms with Crippen LogP contribution in [0.2, 0.25) is 0 Å². The van der Waals surface area contributed by atoms with Gasteiger partial charge in [-0.25, -0.2) is 33.8 Å². The first-order valence-electron chi connectivity index (χ1n) is 20.5. The van der Waals surface area contributed by atoms with Gasteiger partial charge in [-0.2, -0.15) is 5.10 Å². The molecule has 1 heterocycles. The van der Waals surface area contributed by atoms with Crippen molar-refractivity contribution in [3.63, 3.8) is 0 Å². The molecule has 0 saturated heterocycles. The third kappa shape index (κ3) is 14.1. The number of nitrogens with one attached hydrogen (secondary N) is 1. The lowest BCUT2D eigenvalue weighted by molar-refractivity contribution is -0.146. The van der Waals surface area contributed by atoms with E-state index in [1.807, 2.05) is 36.4 Å². The van der Waals surface area contributed by atoms with Crippen LogP contribution in [0.1, 0.15) is 31.8 Å². The second-order valence-corrected chi connectivity index (χ2v) is 14.7. The normalized spacial score (nSPS) is 10.6. The molecule has 0 radical (unpaired) electrons. The molecule has 20 heteroatoms. The minimum Gasteiger partial charge on any atom is -0.462 e. The van der Waals surface area contributed by atoms with Gasteiger partial charge in [0.25, 0.3) is 0 Å². The number of nitrogens with zero attached hydrogens (tertiary/aromatic N) is 2. The molecule has 0 aliphatic carbocycles. The van der Waals surface area contributed by atoms with Crippen LogP contribution < -0.4 is 29.1 Å². The summed E-state index contributed by atoms with van der Waals surface area (Å²) in [6.07, 6.45) is 5.40. The van der Waals surface area contributed by atoms with Crippen molar-refractivity contribution in [2.45, 2.75) is 6.42 Å². The second kappa shape index (κ2) is 25.0. The highest BCUT2D eigenvalue weighted by Crippen LogP contribution is 2.33. The average molecular weight is 972 g/mol. The number of benzene rings is 5. The Morgan fingerprint density at radius 1 is 0.571 bits per heavy atom. The Hall–Kier alpha value is -9.30. The van der Waals surface area contributed by atoms with Crippen molar-refractivity contribution in [3.8, 4) is 28.7 Å². The fourth-order valence-corrected chi connectivity index (χ4v) is 6.72. The van der Waals surface area contributed by atoms with Crippen LogP contribution in [-0.4, -0.2) is 80.8 Å². The Kier molecular flexibility index (Phi) is 17.9. The molecule has 0 spiro atoms. The van der Waals surface area contributed by atoms with Gasteiger partial charge in [0.15, 0.2) is 23.0 Å². The molecular formula is C50H41N3O16S. The van der Waals surface area contributed by atoms with Crippen molar-refractivity contribution in [2.75, 3.05) is 39.2 Å². The second-order valence-electron chi connectivity index (χ2n) is 13.7. The van der Waals surface area contributed by atoms with Crippen LogP contribution >= 0.6 is 11.3 Å². The molecule has 0 fully saturated rings. The molecule has 0 bridgehead atoms. The highest BCUT2D eigenvalue weighted by Gasteiger charge is 2.19. The summed E-state index contributed by atoms with van der Waals surface area (Å²) >= 11 is 1.39. The van der Waals surface area contributed by atoms with Crippen molar-refractivity contribution in [1.29, 1.82) is 0 Å². The van der Waals surface area contributed by atoms with Gasteiger partial charge >= 0.3 is 35.8 Å². The summed E-state index contributed by atoms with van der Waals surface area (Å²) in [5.74, 6) is -4.51. The van der Waals surface area contributed by atoms with Crippen LogP contribution in [0.3, 0.4) is 0 Å². The number of carbonyl (C=O) groups is 6. The number of fused-ring (bicyclic) bond motifs is 3. The molecule has 6 rings (SSSR count). The van der Waals surface area contributed by atoms with Gasteiger partial charge in [-0.3, -0.25) is 5.43 Å². The lowest BCUT2D eigenvalue weighted by Crippen LogP contribution is -2.13. The smallest absolute Gasteiger partial charge is 0.343 e. The standard InChI is InChI=1S/C50H41N3O16S/c1-5-43(54)65-27-61-38-18-14-33(24-40(38)63-29-67-45(56)7-3)48(58)60-22-21-31-13-17-37(35(23-31)26-51-53-50-52-47-36-12-10-9-11-32(36)16-20-42(47)70-50)69-49(59)34-15-19-39(62-28-66-44(55)6-2)41(25-34)64-30-68-46(57)8-4/h5-20,23-26H,1-4,21-22,27-30H2,(H,52,53)/b51-26+. The zero-order chi connectivity index (χ0) is 49.8. The highest BCUT2D eigenvalue weighted by molar-refractivity contribution is 7.22. The molecule has 0 amide bonds. The Morgan fingerprint density at radius 2 is 1.10 bits per heavy atom. The third-order valence-corrected chi connectivity index (χ3v) is 10.2. The first-order valence-corrected chi connectivity index (χ1v) is 21.4. The third-order valence-electron chi connectivity index (χ3n) is 9.24. The fourth-order valence-electron chi connectivity index (χ4n) is 5.89. The van der Waals surface area contributed by atoms with Gasteiger partial charge in [0.1, 0.15) is 5.75 Å².